The molecule has 4 rings (SSSR count). The first kappa shape index (κ1) is 14.0. The highest BCUT2D eigenvalue weighted by molar-refractivity contribution is 7.22. The number of fused-ring (bicyclic) bond motifs is 1. The summed E-state index contributed by atoms with van der Waals surface area (Å²) in [7, 11) is 0. The summed E-state index contributed by atoms with van der Waals surface area (Å²) in [4.78, 5) is 21.4. The molecular formula is C17H21N3OS. The summed E-state index contributed by atoms with van der Waals surface area (Å²) in [6, 6.07) is 4.32. The van der Waals surface area contributed by atoms with Crippen molar-refractivity contribution in [2.45, 2.75) is 26.7 Å². The highest BCUT2D eigenvalue weighted by atomic mass is 32.1. The van der Waals surface area contributed by atoms with Gasteiger partial charge in [-0.05, 0) is 37.8 Å². The lowest BCUT2D eigenvalue weighted by Crippen LogP contribution is -2.49. The molecule has 116 valence electrons. The van der Waals surface area contributed by atoms with Gasteiger partial charge >= 0.3 is 0 Å². The SMILES string of the molecule is Cc1ccc(C)c2sc(N3CCN(C(=O)C4CC4)CC3)nc12. The molecule has 1 aliphatic heterocycles. The normalized spacial score (nSPS) is 19.0. The summed E-state index contributed by atoms with van der Waals surface area (Å²) < 4.78 is 1.30. The number of anilines is 1. The minimum atomic E-state index is 0.333. The molecule has 1 aliphatic carbocycles. The second-order valence-electron chi connectivity index (χ2n) is 6.46. The van der Waals surface area contributed by atoms with Gasteiger partial charge in [-0.15, -0.1) is 0 Å². The number of carbonyl (C=O) groups excluding carboxylic acids is 1. The number of rotatable bonds is 2. The van der Waals surface area contributed by atoms with Crippen LogP contribution in [-0.2, 0) is 4.79 Å². The first-order valence-electron chi connectivity index (χ1n) is 8.04. The lowest BCUT2D eigenvalue weighted by atomic mass is 10.1. The minimum absolute atomic E-state index is 0.333. The van der Waals surface area contributed by atoms with E-state index in [1.165, 1.54) is 15.8 Å². The van der Waals surface area contributed by atoms with Crippen LogP contribution in [0.1, 0.15) is 24.0 Å². The molecule has 0 spiro atoms. The number of amides is 1. The average Bonchev–Trinajstić information content (AvgIpc) is 3.28. The molecular weight excluding hydrogens is 294 g/mol. The van der Waals surface area contributed by atoms with Crippen molar-refractivity contribution in [1.29, 1.82) is 0 Å². The van der Waals surface area contributed by atoms with E-state index in [4.69, 9.17) is 4.98 Å². The molecule has 5 heteroatoms. The van der Waals surface area contributed by atoms with Gasteiger partial charge in [-0.25, -0.2) is 4.98 Å². The van der Waals surface area contributed by atoms with Crippen LogP contribution in [0.4, 0.5) is 5.13 Å². The van der Waals surface area contributed by atoms with Crippen molar-refractivity contribution in [3.05, 3.63) is 23.3 Å². The molecule has 0 bridgehead atoms. The van der Waals surface area contributed by atoms with Crippen LogP contribution in [0.2, 0.25) is 0 Å². The number of thiazole rings is 1. The standard InChI is InChI=1S/C17H21N3OS/c1-11-3-4-12(2)15-14(11)18-17(22-15)20-9-7-19(8-10-20)16(21)13-5-6-13/h3-4,13H,5-10H2,1-2H3. The molecule has 0 atom stereocenters. The van der Waals surface area contributed by atoms with E-state index in [1.54, 1.807) is 11.3 Å². The molecule has 4 nitrogen and oxygen atoms in total. The van der Waals surface area contributed by atoms with Gasteiger partial charge in [0.1, 0.15) is 0 Å². The molecule has 1 saturated carbocycles. The maximum atomic E-state index is 12.1. The van der Waals surface area contributed by atoms with Crippen molar-refractivity contribution in [3.63, 3.8) is 0 Å². The summed E-state index contributed by atoms with van der Waals surface area (Å²) >= 11 is 1.78. The van der Waals surface area contributed by atoms with Crippen LogP contribution < -0.4 is 4.90 Å². The topological polar surface area (TPSA) is 36.4 Å². The highest BCUT2D eigenvalue weighted by Gasteiger charge is 2.34. The molecule has 0 N–H and O–H groups in total. The van der Waals surface area contributed by atoms with Crippen LogP contribution in [0.3, 0.4) is 0 Å². The smallest absolute Gasteiger partial charge is 0.225 e. The fraction of sp³-hybridized carbons (Fsp3) is 0.529. The lowest BCUT2D eigenvalue weighted by molar-refractivity contribution is -0.132. The van der Waals surface area contributed by atoms with E-state index >= 15 is 0 Å². The van der Waals surface area contributed by atoms with Gasteiger partial charge in [-0.3, -0.25) is 4.79 Å². The van der Waals surface area contributed by atoms with Crippen LogP contribution in [0.25, 0.3) is 10.2 Å². The number of aromatic nitrogens is 1. The molecule has 1 aromatic carbocycles. The van der Waals surface area contributed by atoms with E-state index in [9.17, 15) is 4.79 Å². The average molecular weight is 315 g/mol. The van der Waals surface area contributed by atoms with Gasteiger partial charge in [0, 0.05) is 32.1 Å². The number of piperazine rings is 1. The zero-order valence-electron chi connectivity index (χ0n) is 13.1. The third-order valence-electron chi connectivity index (χ3n) is 4.72. The van der Waals surface area contributed by atoms with E-state index in [-0.39, 0.29) is 0 Å². The van der Waals surface area contributed by atoms with Gasteiger partial charge in [0.2, 0.25) is 5.91 Å². The van der Waals surface area contributed by atoms with Gasteiger partial charge in [0.15, 0.2) is 5.13 Å². The monoisotopic (exact) mass is 315 g/mol. The summed E-state index contributed by atoms with van der Waals surface area (Å²) in [5.74, 6) is 0.704. The van der Waals surface area contributed by atoms with Gasteiger partial charge in [-0.1, -0.05) is 23.5 Å². The van der Waals surface area contributed by atoms with Gasteiger partial charge in [0.05, 0.1) is 10.2 Å². The number of nitrogens with zero attached hydrogens (tertiary/aromatic N) is 3. The minimum Gasteiger partial charge on any atom is -0.345 e. The fourth-order valence-corrected chi connectivity index (χ4v) is 4.25. The summed E-state index contributed by atoms with van der Waals surface area (Å²) in [5, 5.41) is 1.10. The Morgan fingerprint density at radius 1 is 1.14 bits per heavy atom. The molecule has 1 aromatic heterocycles. The Hall–Kier alpha value is -1.62. The highest BCUT2D eigenvalue weighted by Crippen LogP contribution is 2.34. The number of aryl methyl sites for hydroxylation is 2. The van der Waals surface area contributed by atoms with Crippen LogP contribution in [0, 0.1) is 19.8 Å². The molecule has 0 unspecified atom stereocenters. The quantitative estimate of drug-likeness (QED) is 0.855. The molecule has 2 aliphatic rings. The van der Waals surface area contributed by atoms with Crippen LogP contribution in [0.15, 0.2) is 12.1 Å². The largest absolute Gasteiger partial charge is 0.345 e. The van der Waals surface area contributed by atoms with Gasteiger partial charge < -0.3 is 9.80 Å². The first-order chi connectivity index (χ1) is 10.6. The Morgan fingerprint density at radius 2 is 1.82 bits per heavy atom. The molecule has 22 heavy (non-hydrogen) atoms. The van der Waals surface area contributed by atoms with E-state index in [2.05, 4.69) is 30.9 Å². The molecule has 2 heterocycles. The number of hydrogen-bond donors (Lipinski definition) is 0. The third kappa shape index (κ3) is 2.37. The van der Waals surface area contributed by atoms with Crippen molar-refractivity contribution in [1.82, 2.24) is 9.88 Å². The molecule has 2 aromatic rings. The van der Waals surface area contributed by atoms with Crippen LogP contribution in [0.5, 0.6) is 0 Å². The maximum absolute atomic E-state index is 12.1. The second-order valence-corrected chi connectivity index (χ2v) is 7.44. The lowest BCUT2D eigenvalue weighted by Gasteiger charge is -2.34. The summed E-state index contributed by atoms with van der Waals surface area (Å²) in [6.45, 7) is 7.74. The van der Waals surface area contributed by atoms with E-state index in [1.807, 2.05) is 4.90 Å². The summed E-state index contributed by atoms with van der Waals surface area (Å²) in [5.41, 5.74) is 3.68. The molecule has 1 amide bonds. The Morgan fingerprint density at radius 3 is 2.45 bits per heavy atom. The molecule has 2 fully saturated rings. The Labute approximate surface area is 134 Å². The van der Waals surface area contributed by atoms with Crippen molar-refractivity contribution in [2.24, 2.45) is 5.92 Å². The van der Waals surface area contributed by atoms with Crippen LogP contribution >= 0.6 is 11.3 Å². The maximum Gasteiger partial charge on any atom is 0.225 e. The van der Waals surface area contributed by atoms with Crippen LogP contribution in [-0.4, -0.2) is 42.0 Å². The Bertz CT molecular complexity index is 688. The second kappa shape index (κ2) is 5.23. The van der Waals surface area contributed by atoms with E-state index < -0.39 is 0 Å². The van der Waals surface area contributed by atoms with Crippen molar-refractivity contribution >= 4 is 32.6 Å². The van der Waals surface area contributed by atoms with Crippen molar-refractivity contribution in [2.75, 3.05) is 31.1 Å². The number of benzene rings is 1. The van der Waals surface area contributed by atoms with E-state index in [0.717, 1.165) is 49.7 Å². The van der Waals surface area contributed by atoms with Crippen molar-refractivity contribution in [3.8, 4) is 0 Å². The van der Waals surface area contributed by atoms with Crippen molar-refractivity contribution < 1.29 is 4.79 Å². The number of hydrogen-bond acceptors (Lipinski definition) is 4. The zero-order chi connectivity index (χ0) is 15.3. The van der Waals surface area contributed by atoms with E-state index in [0.29, 0.717) is 11.8 Å². The predicted octanol–water partition coefficient (Wildman–Crippen LogP) is 2.97. The van der Waals surface area contributed by atoms with Gasteiger partial charge in [-0.2, -0.15) is 0 Å². The predicted molar refractivity (Wildman–Crippen MR) is 90.6 cm³/mol. The zero-order valence-corrected chi connectivity index (χ0v) is 13.9. The first-order valence-corrected chi connectivity index (χ1v) is 8.85. The third-order valence-corrected chi connectivity index (χ3v) is 5.97. The van der Waals surface area contributed by atoms with Gasteiger partial charge in [0.25, 0.3) is 0 Å². The fourth-order valence-electron chi connectivity index (χ4n) is 3.09. The molecule has 1 saturated heterocycles. The summed E-state index contributed by atoms with van der Waals surface area (Å²) in [6.07, 6.45) is 2.19. The Kier molecular flexibility index (Phi) is 3.33. The molecule has 0 radical (unpaired) electrons. The Balaban J connectivity index is 1.52. The number of carbonyl (C=O) groups is 1.